The number of ether oxygens (including phenoxy) is 2. The van der Waals surface area contributed by atoms with Crippen LogP contribution in [-0.4, -0.2) is 60.5 Å². The number of hydrogen-bond acceptors (Lipinski definition) is 8. The number of carboxylic acid groups (broad SMARTS) is 1. The van der Waals surface area contributed by atoms with E-state index in [4.69, 9.17) is 29.4 Å². The molecule has 0 aliphatic carbocycles. The fourth-order valence-corrected chi connectivity index (χ4v) is 6.49. The molecule has 0 radical (unpaired) electrons. The lowest BCUT2D eigenvalue weighted by atomic mass is 10.0. The van der Waals surface area contributed by atoms with Gasteiger partial charge < -0.3 is 25.2 Å². The molecule has 0 saturated carbocycles. The van der Waals surface area contributed by atoms with Gasteiger partial charge in [0.2, 0.25) is 0 Å². The fourth-order valence-electron chi connectivity index (χ4n) is 5.71. The summed E-state index contributed by atoms with van der Waals surface area (Å²) in [4.78, 5) is 33.5. The summed E-state index contributed by atoms with van der Waals surface area (Å²) in [6.07, 6.45) is 55.0. The van der Waals surface area contributed by atoms with Crippen molar-refractivity contribution in [2.24, 2.45) is 5.73 Å². The van der Waals surface area contributed by atoms with Gasteiger partial charge in [0.15, 0.2) is 0 Å². The van der Waals surface area contributed by atoms with Crippen molar-refractivity contribution in [3.05, 3.63) is 85.1 Å². The molecule has 0 spiro atoms. The van der Waals surface area contributed by atoms with Crippen molar-refractivity contribution in [3.63, 3.8) is 0 Å². The summed E-state index contributed by atoms with van der Waals surface area (Å²) in [5.41, 5.74) is 5.35. The van der Waals surface area contributed by atoms with Gasteiger partial charge in [0, 0.05) is 13.0 Å². The number of aliphatic carboxylic acids is 1. The van der Waals surface area contributed by atoms with Gasteiger partial charge in [-0.25, -0.2) is 4.57 Å². The van der Waals surface area contributed by atoms with E-state index in [0.717, 1.165) is 64.2 Å². The molecule has 0 aromatic rings. The Hall–Kier alpha value is -2.85. The standard InChI is InChI=1S/C48H82NO9P/c1-3-5-7-9-11-13-15-17-19-20-21-22-23-24-25-26-27-28-30-32-34-36-38-40-47(50)58-45(43-56-59(53,54)57-44-46(49)48(51)52)42-55-41-39-37-35-33-31-29-18-16-14-12-10-8-6-4-2/h5,7,11,13,17,19,21-22,24-25,27-28,32,34,45-46H,3-4,6,8-10,12,14-16,18,20,23,26,29-31,33,35-44,49H2,1-2H3,(H,51,52)(H,53,54)/b7-5-,13-11-,19-17-,22-21-,25-24-,28-27-,34-32-. The Labute approximate surface area is 358 Å². The highest BCUT2D eigenvalue weighted by Gasteiger charge is 2.27. The Balaban J connectivity index is 4.34. The minimum absolute atomic E-state index is 0.00924. The summed E-state index contributed by atoms with van der Waals surface area (Å²) in [5.74, 6) is -1.84. The van der Waals surface area contributed by atoms with Crippen LogP contribution in [0.3, 0.4) is 0 Å². The van der Waals surface area contributed by atoms with Gasteiger partial charge in [-0.05, 0) is 64.2 Å². The van der Waals surface area contributed by atoms with Crippen molar-refractivity contribution in [2.75, 3.05) is 26.4 Å². The van der Waals surface area contributed by atoms with Gasteiger partial charge in [-0.3, -0.25) is 18.6 Å². The van der Waals surface area contributed by atoms with E-state index in [9.17, 15) is 19.0 Å². The van der Waals surface area contributed by atoms with Gasteiger partial charge in [0.25, 0.3) is 0 Å². The predicted molar refractivity (Wildman–Crippen MR) is 244 cm³/mol. The van der Waals surface area contributed by atoms with Crippen LogP contribution in [0.4, 0.5) is 0 Å². The average molecular weight is 848 g/mol. The molecule has 0 heterocycles. The van der Waals surface area contributed by atoms with Gasteiger partial charge in [0.05, 0.1) is 19.8 Å². The van der Waals surface area contributed by atoms with Gasteiger partial charge in [-0.15, -0.1) is 0 Å². The number of phosphoric acid groups is 1. The van der Waals surface area contributed by atoms with Crippen LogP contribution in [0, 0.1) is 0 Å². The molecule has 0 amide bonds. The quantitative estimate of drug-likeness (QED) is 0.0234. The number of carbonyl (C=O) groups excluding carboxylic acids is 1. The number of carbonyl (C=O) groups is 2. The lowest BCUT2D eigenvalue weighted by Crippen LogP contribution is -2.34. The molecule has 0 fully saturated rings. The Morgan fingerprint density at radius 2 is 0.966 bits per heavy atom. The lowest BCUT2D eigenvalue weighted by Gasteiger charge is -2.20. The highest BCUT2D eigenvalue weighted by atomic mass is 31.2. The molecule has 0 aliphatic heterocycles. The lowest BCUT2D eigenvalue weighted by molar-refractivity contribution is -0.154. The van der Waals surface area contributed by atoms with E-state index in [2.05, 4.69) is 92.8 Å². The zero-order valence-electron chi connectivity index (χ0n) is 36.8. The zero-order chi connectivity index (χ0) is 43.3. The van der Waals surface area contributed by atoms with E-state index < -0.39 is 45.1 Å². The predicted octanol–water partition coefficient (Wildman–Crippen LogP) is 12.8. The number of carboxylic acids is 1. The van der Waals surface area contributed by atoms with Crippen molar-refractivity contribution in [3.8, 4) is 0 Å². The van der Waals surface area contributed by atoms with Crippen LogP contribution in [0.15, 0.2) is 85.1 Å². The van der Waals surface area contributed by atoms with Crippen LogP contribution in [0.2, 0.25) is 0 Å². The van der Waals surface area contributed by atoms with Gasteiger partial charge in [0.1, 0.15) is 12.1 Å². The number of rotatable bonds is 42. The SMILES string of the molecule is CC/C=C\C/C=C\C/C=C\C/C=C\C/C=C\C/C=C\C/C=C\CCCC(=O)OC(COCCCCCCCCCCCCCCCC)COP(=O)(O)OCC(N)C(=O)O. The minimum Gasteiger partial charge on any atom is -0.480 e. The molecule has 0 saturated heterocycles. The molecule has 0 rings (SSSR count). The summed E-state index contributed by atoms with van der Waals surface area (Å²) >= 11 is 0. The second kappa shape index (κ2) is 43.2. The van der Waals surface area contributed by atoms with E-state index in [0.29, 0.717) is 19.4 Å². The smallest absolute Gasteiger partial charge is 0.472 e. The van der Waals surface area contributed by atoms with Gasteiger partial charge >= 0.3 is 19.8 Å². The third-order valence-corrected chi connectivity index (χ3v) is 10.1. The van der Waals surface area contributed by atoms with Gasteiger partial charge in [-0.1, -0.05) is 182 Å². The number of phosphoric ester groups is 1. The largest absolute Gasteiger partial charge is 0.480 e. The molecule has 0 aromatic heterocycles. The van der Waals surface area contributed by atoms with Crippen LogP contribution >= 0.6 is 7.82 Å². The Morgan fingerprint density at radius 3 is 1.41 bits per heavy atom. The van der Waals surface area contributed by atoms with Crippen LogP contribution in [-0.2, 0) is 32.7 Å². The molecule has 0 aromatic carbocycles. The number of nitrogens with two attached hydrogens (primary N) is 1. The topological polar surface area (TPSA) is 155 Å². The number of unbranched alkanes of at least 4 members (excludes halogenated alkanes) is 14. The first-order valence-electron chi connectivity index (χ1n) is 22.6. The second-order valence-electron chi connectivity index (χ2n) is 14.8. The van der Waals surface area contributed by atoms with Crippen molar-refractivity contribution in [2.45, 2.75) is 180 Å². The summed E-state index contributed by atoms with van der Waals surface area (Å²) in [6, 6.07) is -1.49. The molecule has 4 N–H and O–H groups in total. The Morgan fingerprint density at radius 1 is 0.559 bits per heavy atom. The summed E-state index contributed by atoms with van der Waals surface area (Å²) < 4.78 is 33.3. The van der Waals surface area contributed by atoms with E-state index in [1.807, 2.05) is 6.08 Å². The molecule has 10 nitrogen and oxygen atoms in total. The molecule has 3 unspecified atom stereocenters. The summed E-state index contributed by atoms with van der Waals surface area (Å²) in [6.45, 7) is 3.69. The van der Waals surface area contributed by atoms with E-state index in [-0.39, 0.29) is 13.0 Å². The molecular formula is C48H82NO9P. The molecule has 3 atom stereocenters. The van der Waals surface area contributed by atoms with Crippen LogP contribution < -0.4 is 5.73 Å². The summed E-state index contributed by atoms with van der Waals surface area (Å²) in [5, 5.41) is 8.90. The number of esters is 1. The van der Waals surface area contributed by atoms with Crippen LogP contribution in [0.1, 0.15) is 168 Å². The fraction of sp³-hybridized carbons (Fsp3) is 0.667. The van der Waals surface area contributed by atoms with E-state index >= 15 is 0 Å². The average Bonchev–Trinajstić information content (AvgIpc) is 3.21. The Kier molecular flexibility index (Phi) is 41.2. The molecule has 338 valence electrons. The molecule has 59 heavy (non-hydrogen) atoms. The van der Waals surface area contributed by atoms with Crippen molar-refractivity contribution >= 4 is 19.8 Å². The van der Waals surface area contributed by atoms with Crippen LogP contribution in [0.25, 0.3) is 0 Å². The monoisotopic (exact) mass is 848 g/mol. The molecular weight excluding hydrogens is 766 g/mol. The first-order chi connectivity index (χ1) is 28.7. The van der Waals surface area contributed by atoms with E-state index in [1.165, 1.54) is 70.6 Å². The highest BCUT2D eigenvalue weighted by molar-refractivity contribution is 7.47. The molecule has 0 bridgehead atoms. The zero-order valence-corrected chi connectivity index (χ0v) is 37.7. The second-order valence-corrected chi connectivity index (χ2v) is 16.3. The van der Waals surface area contributed by atoms with Crippen molar-refractivity contribution in [1.29, 1.82) is 0 Å². The maximum atomic E-state index is 12.6. The highest BCUT2D eigenvalue weighted by Crippen LogP contribution is 2.43. The maximum absolute atomic E-state index is 12.6. The minimum atomic E-state index is -4.64. The number of hydrogen-bond donors (Lipinski definition) is 3. The Bertz CT molecular complexity index is 1260. The van der Waals surface area contributed by atoms with E-state index in [1.54, 1.807) is 0 Å². The number of allylic oxidation sites excluding steroid dienone is 14. The van der Waals surface area contributed by atoms with Crippen molar-refractivity contribution < 1.29 is 42.7 Å². The first kappa shape index (κ1) is 56.1. The molecule has 0 aliphatic rings. The van der Waals surface area contributed by atoms with Crippen molar-refractivity contribution in [1.82, 2.24) is 0 Å². The molecule has 11 heteroatoms. The third kappa shape index (κ3) is 43.1. The summed E-state index contributed by atoms with van der Waals surface area (Å²) in [7, 11) is -4.64. The van der Waals surface area contributed by atoms with Crippen LogP contribution in [0.5, 0.6) is 0 Å². The van der Waals surface area contributed by atoms with Gasteiger partial charge in [-0.2, -0.15) is 0 Å². The normalized spacial score (nSPS) is 14.6. The third-order valence-electron chi connectivity index (χ3n) is 9.19. The first-order valence-corrected chi connectivity index (χ1v) is 24.1. The maximum Gasteiger partial charge on any atom is 0.472 e.